The van der Waals surface area contributed by atoms with Gasteiger partial charge in [0, 0.05) is 43.7 Å². The molecule has 3 rings (SSSR count). The number of fused-ring (bicyclic) bond motifs is 1. The number of piperazine rings is 1. The largest absolute Gasteiger partial charge is 0.491 e. The van der Waals surface area contributed by atoms with Gasteiger partial charge in [0.25, 0.3) is 0 Å². The number of ether oxygens (including phenoxy) is 1. The maximum absolute atomic E-state index is 11.9. The van der Waals surface area contributed by atoms with Crippen LogP contribution < -0.4 is 20.6 Å². The predicted octanol–water partition coefficient (Wildman–Crippen LogP) is 2.38. The molecule has 0 radical (unpaired) electrons. The third-order valence-corrected chi connectivity index (χ3v) is 4.06. The Hall–Kier alpha value is -2.01. The Morgan fingerprint density at radius 1 is 1.32 bits per heavy atom. The summed E-state index contributed by atoms with van der Waals surface area (Å²) in [6, 6.07) is 7.32. The molecule has 5 heteroatoms. The Bertz CT molecular complexity index is 705. The van der Waals surface area contributed by atoms with Gasteiger partial charge in [-0.3, -0.25) is 0 Å². The lowest BCUT2D eigenvalue weighted by molar-refractivity contribution is 0.217. The van der Waals surface area contributed by atoms with Crippen LogP contribution in [0, 0.1) is 0 Å². The summed E-state index contributed by atoms with van der Waals surface area (Å²) < 4.78 is 11.2. The fraction of sp³-hybridized carbons (Fsp3) is 0.471. The molecule has 0 saturated carbocycles. The minimum Gasteiger partial charge on any atom is -0.491 e. The summed E-state index contributed by atoms with van der Waals surface area (Å²) in [4.78, 5) is 14.1. The molecule has 0 amide bonds. The fourth-order valence-electron chi connectivity index (χ4n) is 2.68. The zero-order chi connectivity index (χ0) is 15.5. The molecule has 1 aromatic heterocycles. The standard InChI is InChI=1S/C17H22N2O3/c1-3-12(2)21-13-4-5-14-15(19-8-6-18-7-9-19)11-17(20)22-16(14)10-13/h4-5,10-12,18H,3,6-9H2,1-2H3. The Kier molecular flexibility index (Phi) is 4.34. The lowest BCUT2D eigenvalue weighted by Gasteiger charge is -2.30. The molecule has 1 fully saturated rings. The SMILES string of the molecule is CCC(C)Oc1ccc2c(N3CCNCC3)cc(=O)oc2c1. The van der Waals surface area contributed by atoms with Gasteiger partial charge in [-0.05, 0) is 25.5 Å². The van der Waals surface area contributed by atoms with E-state index in [9.17, 15) is 4.79 Å². The van der Waals surface area contributed by atoms with Crippen LogP contribution >= 0.6 is 0 Å². The van der Waals surface area contributed by atoms with Crippen molar-refractivity contribution in [2.24, 2.45) is 0 Å². The highest BCUT2D eigenvalue weighted by Crippen LogP contribution is 2.29. The summed E-state index contributed by atoms with van der Waals surface area (Å²) in [6.07, 6.45) is 1.07. The fourth-order valence-corrected chi connectivity index (χ4v) is 2.68. The Labute approximate surface area is 129 Å². The molecule has 2 aromatic rings. The number of nitrogens with one attached hydrogen (secondary N) is 1. The van der Waals surface area contributed by atoms with Crippen molar-refractivity contribution in [2.45, 2.75) is 26.4 Å². The number of hydrogen-bond donors (Lipinski definition) is 1. The average molecular weight is 302 g/mol. The van der Waals surface area contributed by atoms with E-state index in [1.165, 1.54) is 0 Å². The average Bonchev–Trinajstić information content (AvgIpc) is 2.54. The minimum absolute atomic E-state index is 0.139. The first-order valence-corrected chi connectivity index (χ1v) is 7.87. The molecule has 1 unspecified atom stereocenters. The van der Waals surface area contributed by atoms with Gasteiger partial charge in [0.15, 0.2) is 0 Å². The Morgan fingerprint density at radius 3 is 2.82 bits per heavy atom. The van der Waals surface area contributed by atoms with Gasteiger partial charge < -0.3 is 19.4 Å². The van der Waals surface area contributed by atoms with E-state index in [1.807, 2.05) is 25.1 Å². The Morgan fingerprint density at radius 2 is 2.09 bits per heavy atom. The number of benzene rings is 1. The van der Waals surface area contributed by atoms with Crippen LogP contribution in [-0.2, 0) is 0 Å². The molecule has 22 heavy (non-hydrogen) atoms. The lowest BCUT2D eigenvalue weighted by Crippen LogP contribution is -2.43. The molecule has 1 N–H and O–H groups in total. The summed E-state index contributed by atoms with van der Waals surface area (Å²) >= 11 is 0. The van der Waals surface area contributed by atoms with Gasteiger partial charge in [0.2, 0.25) is 0 Å². The molecule has 1 aromatic carbocycles. The monoisotopic (exact) mass is 302 g/mol. The van der Waals surface area contributed by atoms with Crippen molar-refractivity contribution in [1.29, 1.82) is 0 Å². The van der Waals surface area contributed by atoms with E-state index in [0.29, 0.717) is 5.58 Å². The van der Waals surface area contributed by atoms with Crippen molar-refractivity contribution in [2.75, 3.05) is 31.1 Å². The number of hydrogen-bond acceptors (Lipinski definition) is 5. The van der Waals surface area contributed by atoms with E-state index in [4.69, 9.17) is 9.15 Å². The van der Waals surface area contributed by atoms with Crippen LogP contribution in [0.1, 0.15) is 20.3 Å². The van der Waals surface area contributed by atoms with Crippen molar-refractivity contribution in [3.8, 4) is 5.75 Å². The quantitative estimate of drug-likeness (QED) is 0.879. The van der Waals surface area contributed by atoms with E-state index in [2.05, 4.69) is 17.1 Å². The van der Waals surface area contributed by atoms with Gasteiger partial charge in [-0.25, -0.2) is 4.79 Å². The van der Waals surface area contributed by atoms with Crippen molar-refractivity contribution in [3.63, 3.8) is 0 Å². The van der Waals surface area contributed by atoms with Gasteiger partial charge in [-0.1, -0.05) is 6.92 Å². The molecule has 1 atom stereocenters. The maximum Gasteiger partial charge on any atom is 0.338 e. The smallest absolute Gasteiger partial charge is 0.338 e. The van der Waals surface area contributed by atoms with Gasteiger partial charge in [0.1, 0.15) is 11.3 Å². The number of anilines is 1. The highest BCUT2D eigenvalue weighted by Gasteiger charge is 2.16. The second-order valence-corrected chi connectivity index (χ2v) is 5.68. The van der Waals surface area contributed by atoms with E-state index in [1.54, 1.807) is 6.07 Å². The second kappa shape index (κ2) is 6.40. The molecule has 1 saturated heterocycles. The molecule has 118 valence electrons. The molecule has 5 nitrogen and oxygen atoms in total. The van der Waals surface area contributed by atoms with E-state index >= 15 is 0 Å². The van der Waals surface area contributed by atoms with Crippen LogP contribution in [-0.4, -0.2) is 32.3 Å². The first-order chi connectivity index (χ1) is 10.7. The first-order valence-electron chi connectivity index (χ1n) is 7.87. The molecule has 0 spiro atoms. The molecule has 0 aliphatic carbocycles. The first kappa shape index (κ1) is 14.9. The summed E-state index contributed by atoms with van der Waals surface area (Å²) in [6.45, 7) is 7.74. The minimum atomic E-state index is -0.318. The van der Waals surface area contributed by atoms with E-state index in [0.717, 1.165) is 49.4 Å². The normalized spacial score (nSPS) is 16.7. The number of rotatable bonds is 4. The van der Waals surface area contributed by atoms with Gasteiger partial charge in [0.05, 0.1) is 11.8 Å². The van der Waals surface area contributed by atoms with Crippen LogP contribution in [0.4, 0.5) is 5.69 Å². The zero-order valence-corrected chi connectivity index (χ0v) is 13.1. The molecular weight excluding hydrogens is 280 g/mol. The van der Waals surface area contributed by atoms with E-state index in [-0.39, 0.29) is 11.7 Å². The topological polar surface area (TPSA) is 54.7 Å². The number of nitrogens with zero attached hydrogens (tertiary/aromatic N) is 1. The van der Waals surface area contributed by atoms with Gasteiger partial charge >= 0.3 is 5.63 Å². The molecule has 1 aliphatic heterocycles. The third-order valence-electron chi connectivity index (χ3n) is 4.06. The van der Waals surface area contributed by atoms with Gasteiger partial charge in [-0.2, -0.15) is 0 Å². The molecule has 1 aliphatic rings. The summed E-state index contributed by atoms with van der Waals surface area (Å²) in [5.74, 6) is 0.738. The van der Waals surface area contributed by atoms with Crippen LogP contribution in [0.2, 0.25) is 0 Å². The van der Waals surface area contributed by atoms with Crippen molar-refractivity contribution < 1.29 is 9.15 Å². The van der Waals surface area contributed by atoms with Crippen LogP contribution in [0.5, 0.6) is 5.75 Å². The van der Waals surface area contributed by atoms with Gasteiger partial charge in [-0.15, -0.1) is 0 Å². The zero-order valence-electron chi connectivity index (χ0n) is 13.1. The molecule has 0 bridgehead atoms. The lowest BCUT2D eigenvalue weighted by atomic mass is 10.1. The second-order valence-electron chi connectivity index (χ2n) is 5.68. The van der Waals surface area contributed by atoms with Crippen LogP contribution in [0.15, 0.2) is 33.5 Å². The predicted molar refractivity (Wildman–Crippen MR) is 87.9 cm³/mol. The molecular formula is C17H22N2O3. The van der Waals surface area contributed by atoms with Crippen LogP contribution in [0.25, 0.3) is 11.0 Å². The van der Waals surface area contributed by atoms with Crippen LogP contribution in [0.3, 0.4) is 0 Å². The van der Waals surface area contributed by atoms with Crippen molar-refractivity contribution >= 4 is 16.7 Å². The highest BCUT2D eigenvalue weighted by atomic mass is 16.5. The molecule has 2 heterocycles. The van der Waals surface area contributed by atoms with Crippen molar-refractivity contribution in [3.05, 3.63) is 34.7 Å². The van der Waals surface area contributed by atoms with E-state index < -0.39 is 0 Å². The third kappa shape index (κ3) is 3.09. The van der Waals surface area contributed by atoms with Crippen molar-refractivity contribution in [1.82, 2.24) is 5.32 Å². The summed E-state index contributed by atoms with van der Waals surface area (Å²) in [5, 5.41) is 4.28. The summed E-state index contributed by atoms with van der Waals surface area (Å²) in [7, 11) is 0. The highest BCUT2D eigenvalue weighted by molar-refractivity contribution is 5.91. The maximum atomic E-state index is 11.9. The Balaban J connectivity index is 2.00. The summed E-state index contributed by atoms with van der Waals surface area (Å²) in [5.41, 5.74) is 1.21.